The van der Waals surface area contributed by atoms with E-state index in [1.807, 2.05) is 0 Å². The molecule has 1 N–H and O–H groups in total. The maximum absolute atomic E-state index is 12.9. The van der Waals surface area contributed by atoms with Crippen LogP contribution in [0.15, 0.2) is 24.3 Å². The van der Waals surface area contributed by atoms with Crippen LogP contribution in [-0.4, -0.2) is 37.9 Å². The van der Waals surface area contributed by atoms with Gasteiger partial charge in [0, 0.05) is 19.6 Å². The predicted molar refractivity (Wildman–Crippen MR) is 89.2 cm³/mol. The number of aryl methyl sites for hydroxylation is 1. The van der Waals surface area contributed by atoms with Gasteiger partial charge in [-0.25, -0.2) is 4.39 Å². The molecule has 1 saturated carbocycles. The summed E-state index contributed by atoms with van der Waals surface area (Å²) in [6, 6.07) is 6.40. The molecule has 1 heterocycles. The molecule has 0 radical (unpaired) electrons. The second-order valence-corrected chi connectivity index (χ2v) is 6.83. The van der Waals surface area contributed by atoms with Gasteiger partial charge in [-0.3, -0.25) is 4.79 Å². The van der Waals surface area contributed by atoms with E-state index >= 15 is 0 Å². The zero-order chi connectivity index (χ0) is 16.8. The van der Waals surface area contributed by atoms with Gasteiger partial charge in [0.1, 0.15) is 5.82 Å². The van der Waals surface area contributed by atoms with Crippen LogP contribution in [0.4, 0.5) is 4.39 Å². The molecule has 0 bridgehead atoms. The monoisotopic (exact) mass is 335 g/mol. The molecule has 0 unspecified atom stereocenters. The zero-order valence-electron chi connectivity index (χ0n) is 14.0. The van der Waals surface area contributed by atoms with Gasteiger partial charge in [0.2, 0.25) is 5.91 Å². The van der Waals surface area contributed by atoms with Gasteiger partial charge in [-0.2, -0.15) is 0 Å². The Balaban J connectivity index is 1.38. The average molecular weight is 335 g/mol. The largest absolute Gasteiger partial charge is 0.379 e. The summed E-state index contributed by atoms with van der Waals surface area (Å²) < 4.78 is 24.3. The van der Waals surface area contributed by atoms with Crippen LogP contribution in [0.5, 0.6) is 0 Å². The van der Waals surface area contributed by atoms with Crippen LogP contribution in [0.1, 0.15) is 37.7 Å². The molecule has 1 aromatic carbocycles. The Morgan fingerprint density at radius 1 is 1.25 bits per heavy atom. The number of rotatable bonds is 8. The minimum Gasteiger partial charge on any atom is -0.379 e. The predicted octanol–water partition coefficient (Wildman–Crippen LogP) is 2.85. The van der Waals surface area contributed by atoms with Crippen molar-refractivity contribution in [2.24, 2.45) is 5.92 Å². The summed E-state index contributed by atoms with van der Waals surface area (Å²) >= 11 is 0. The highest BCUT2D eigenvalue weighted by Crippen LogP contribution is 2.30. The van der Waals surface area contributed by atoms with Gasteiger partial charge in [0.25, 0.3) is 0 Å². The normalized spacial score (nSPS) is 23.9. The van der Waals surface area contributed by atoms with Gasteiger partial charge in [-0.15, -0.1) is 0 Å². The van der Waals surface area contributed by atoms with E-state index in [2.05, 4.69) is 5.32 Å². The molecular weight excluding hydrogens is 309 g/mol. The fourth-order valence-corrected chi connectivity index (χ4v) is 2.98. The van der Waals surface area contributed by atoms with Crippen molar-refractivity contribution in [3.8, 4) is 0 Å². The summed E-state index contributed by atoms with van der Waals surface area (Å²) in [7, 11) is 0. The maximum atomic E-state index is 12.9. The van der Waals surface area contributed by atoms with Gasteiger partial charge in [-0.05, 0) is 55.7 Å². The molecule has 1 amide bonds. The van der Waals surface area contributed by atoms with Crippen molar-refractivity contribution in [2.45, 2.75) is 50.7 Å². The number of nitrogens with one attached hydrogen (secondary N) is 1. The Hall–Kier alpha value is -1.46. The molecule has 2 aliphatic rings. The summed E-state index contributed by atoms with van der Waals surface area (Å²) in [4.78, 5) is 12.2. The van der Waals surface area contributed by atoms with Gasteiger partial charge in [-0.1, -0.05) is 12.1 Å². The van der Waals surface area contributed by atoms with Gasteiger partial charge >= 0.3 is 0 Å². The Morgan fingerprint density at radius 3 is 2.79 bits per heavy atom. The molecule has 0 aromatic heterocycles. The Labute approximate surface area is 142 Å². The molecule has 5 heteroatoms. The molecule has 132 valence electrons. The molecule has 1 saturated heterocycles. The van der Waals surface area contributed by atoms with Crippen molar-refractivity contribution in [3.05, 3.63) is 35.6 Å². The molecule has 2 fully saturated rings. The molecule has 3 rings (SSSR count). The van der Waals surface area contributed by atoms with E-state index in [0.717, 1.165) is 37.4 Å². The highest BCUT2D eigenvalue weighted by molar-refractivity contribution is 5.76. The van der Waals surface area contributed by atoms with Gasteiger partial charge in [0.15, 0.2) is 0 Å². The lowest BCUT2D eigenvalue weighted by atomic mass is 10.1. The second-order valence-electron chi connectivity index (χ2n) is 6.83. The average Bonchev–Trinajstić information content (AvgIpc) is 3.40. The smallest absolute Gasteiger partial charge is 0.220 e. The molecule has 24 heavy (non-hydrogen) atoms. The third-order valence-electron chi connectivity index (χ3n) is 4.66. The number of benzene rings is 1. The summed E-state index contributed by atoms with van der Waals surface area (Å²) in [5, 5.41) is 3.06. The number of amides is 1. The highest BCUT2D eigenvalue weighted by Gasteiger charge is 2.30. The summed E-state index contributed by atoms with van der Waals surface area (Å²) in [6.45, 7) is 2.03. The number of carbonyl (C=O) groups is 1. The molecule has 1 aromatic rings. The fourth-order valence-electron chi connectivity index (χ4n) is 2.98. The van der Waals surface area contributed by atoms with Crippen molar-refractivity contribution in [1.29, 1.82) is 0 Å². The Bertz CT molecular complexity index is 530. The zero-order valence-corrected chi connectivity index (χ0v) is 14.0. The van der Waals surface area contributed by atoms with Crippen molar-refractivity contribution in [3.63, 3.8) is 0 Å². The molecular formula is C19H26FNO3. The third kappa shape index (κ3) is 5.56. The first kappa shape index (κ1) is 17.4. The summed E-state index contributed by atoms with van der Waals surface area (Å²) in [6.07, 6.45) is 5.43. The molecule has 1 aliphatic carbocycles. The van der Waals surface area contributed by atoms with E-state index in [1.165, 1.54) is 25.0 Å². The van der Waals surface area contributed by atoms with E-state index in [1.54, 1.807) is 12.1 Å². The minimum absolute atomic E-state index is 0.0348. The first-order valence-electron chi connectivity index (χ1n) is 8.94. The molecule has 0 spiro atoms. The van der Waals surface area contributed by atoms with Crippen LogP contribution < -0.4 is 5.32 Å². The number of ether oxygens (including phenoxy) is 2. The van der Waals surface area contributed by atoms with Gasteiger partial charge in [0.05, 0.1) is 18.8 Å². The highest BCUT2D eigenvalue weighted by atomic mass is 19.1. The Morgan fingerprint density at radius 2 is 2.04 bits per heavy atom. The number of hydrogen-bond donors (Lipinski definition) is 1. The standard InChI is InChI=1S/C19H26FNO3/c20-16-8-6-14(7-9-16)2-1-3-19(22)21-17-13-23-11-10-18(17)24-12-15-4-5-15/h6-9,15,17-18H,1-5,10-13H2,(H,21,22)/t17-,18+/m1/s1. The Kier molecular flexibility index (Phi) is 6.21. The fraction of sp³-hybridized carbons (Fsp3) is 0.632. The lowest BCUT2D eigenvalue weighted by Gasteiger charge is -2.32. The van der Waals surface area contributed by atoms with Crippen LogP contribution in [0, 0.1) is 11.7 Å². The van der Waals surface area contributed by atoms with Crippen LogP contribution in [0.2, 0.25) is 0 Å². The first-order chi connectivity index (χ1) is 11.7. The van der Waals surface area contributed by atoms with Crippen LogP contribution in [0.3, 0.4) is 0 Å². The second kappa shape index (κ2) is 8.58. The quantitative estimate of drug-likeness (QED) is 0.795. The molecule has 2 atom stereocenters. The number of hydrogen-bond acceptors (Lipinski definition) is 3. The first-order valence-corrected chi connectivity index (χ1v) is 8.94. The van der Waals surface area contributed by atoms with E-state index in [-0.39, 0.29) is 23.9 Å². The van der Waals surface area contributed by atoms with E-state index in [9.17, 15) is 9.18 Å². The van der Waals surface area contributed by atoms with E-state index < -0.39 is 0 Å². The van der Waals surface area contributed by atoms with Crippen molar-refractivity contribution < 1.29 is 18.7 Å². The van der Waals surface area contributed by atoms with Crippen molar-refractivity contribution in [2.75, 3.05) is 19.8 Å². The summed E-state index contributed by atoms with van der Waals surface area (Å²) in [5.74, 6) is 0.526. The third-order valence-corrected chi connectivity index (χ3v) is 4.66. The minimum atomic E-state index is -0.231. The topological polar surface area (TPSA) is 47.6 Å². The van der Waals surface area contributed by atoms with E-state index in [0.29, 0.717) is 19.6 Å². The SMILES string of the molecule is O=C(CCCc1ccc(F)cc1)N[C@@H]1COCC[C@@H]1OCC1CC1. The lowest BCUT2D eigenvalue weighted by molar-refractivity contribution is -0.126. The molecule has 1 aliphatic heterocycles. The number of halogens is 1. The maximum Gasteiger partial charge on any atom is 0.220 e. The number of carbonyl (C=O) groups excluding carboxylic acids is 1. The molecule has 4 nitrogen and oxygen atoms in total. The van der Waals surface area contributed by atoms with Crippen LogP contribution >= 0.6 is 0 Å². The van der Waals surface area contributed by atoms with E-state index in [4.69, 9.17) is 9.47 Å². The van der Waals surface area contributed by atoms with Crippen molar-refractivity contribution >= 4 is 5.91 Å². The lowest BCUT2D eigenvalue weighted by Crippen LogP contribution is -2.50. The summed E-state index contributed by atoms with van der Waals surface area (Å²) in [5.41, 5.74) is 1.05. The van der Waals surface area contributed by atoms with Crippen LogP contribution in [-0.2, 0) is 20.7 Å². The van der Waals surface area contributed by atoms with Gasteiger partial charge < -0.3 is 14.8 Å². The van der Waals surface area contributed by atoms with Crippen LogP contribution in [0.25, 0.3) is 0 Å². The van der Waals surface area contributed by atoms with Crippen molar-refractivity contribution in [1.82, 2.24) is 5.32 Å².